The molecule has 0 unspecified atom stereocenters. The summed E-state index contributed by atoms with van der Waals surface area (Å²) in [4.78, 5) is 26.1. The van der Waals surface area contributed by atoms with E-state index in [2.05, 4.69) is 6.92 Å². The van der Waals surface area contributed by atoms with Gasteiger partial charge in [0.05, 0.1) is 25.0 Å². The fourth-order valence-corrected chi connectivity index (χ4v) is 3.52. The van der Waals surface area contributed by atoms with Gasteiger partial charge in [0.2, 0.25) is 11.8 Å². The van der Waals surface area contributed by atoms with Gasteiger partial charge >= 0.3 is 0 Å². The summed E-state index contributed by atoms with van der Waals surface area (Å²) in [5.41, 5.74) is 0. The lowest BCUT2D eigenvalue weighted by atomic mass is 9.77. The average Bonchev–Trinajstić information content (AvgIpc) is 2.94. The molecule has 19 heavy (non-hydrogen) atoms. The molecule has 1 aliphatic carbocycles. The fraction of sp³-hybridized carbons (Fsp3) is 0.857. The highest BCUT2D eigenvalue weighted by molar-refractivity contribution is 6.05. The van der Waals surface area contributed by atoms with Crippen molar-refractivity contribution >= 4 is 11.8 Å². The maximum absolute atomic E-state index is 12.4. The standard InChI is InChI=1S/C14H21NO4/c1-2-3-6-15-12(16)10-4-5-14(18-7-8-19-14)9-11(10)13(15)17/h10-11H,2-9H2,1H3/t10-,11+/m0/s1. The number of carbonyl (C=O) groups excluding carboxylic acids is 2. The Bertz CT molecular complexity index is 389. The van der Waals surface area contributed by atoms with Crippen LogP contribution in [0.4, 0.5) is 0 Å². The van der Waals surface area contributed by atoms with Crippen LogP contribution in [0.5, 0.6) is 0 Å². The molecule has 1 spiro atoms. The number of rotatable bonds is 3. The number of hydrogen-bond donors (Lipinski definition) is 0. The molecular formula is C14H21NO4. The summed E-state index contributed by atoms with van der Waals surface area (Å²) in [6.45, 7) is 3.82. The zero-order valence-corrected chi connectivity index (χ0v) is 11.4. The van der Waals surface area contributed by atoms with Crippen molar-refractivity contribution in [3.8, 4) is 0 Å². The van der Waals surface area contributed by atoms with E-state index < -0.39 is 5.79 Å². The van der Waals surface area contributed by atoms with E-state index in [0.29, 0.717) is 32.6 Å². The Labute approximate surface area is 113 Å². The number of unbranched alkanes of at least 4 members (excludes halogenated alkanes) is 1. The van der Waals surface area contributed by atoms with Crippen LogP contribution in [-0.2, 0) is 19.1 Å². The van der Waals surface area contributed by atoms with Crippen LogP contribution in [0.15, 0.2) is 0 Å². The quantitative estimate of drug-likeness (QED) is 0.724. The van der Waals surface area contributed by atoms with Gasteiger partial charge in [0.25, 0.3) is 0 Å². The number of hydrogen-bond acceptors (Lipinski definition) is 4. The number of ether oxygens (including phenoxy) is 2. The molecule has 2 heterocycles. The van der Waals surface area contributed by atoms with Crippen molar-refractivity contribution in [2.75, 3.05) is 19.8 Å². The molecule has 3 fully saturated rings. The average molecular weight is 267 g/mol. The minimum atomic E-state index is -0.585. The van der Waals surface area contributed by atoms with Crippen LogP contribution in [0.1, 0.15) is 39.0 Å². The molecular weight excluding hydrogens is 246 g/mol. The normalized spacial score (nSPS) is 33.2. The molecule has 5 nitrogen and oxygen atoms in total. The van der Waals surface area contributed by atoms with Crippen LogP contribution in [-0.4, -0.2) is 42.3 Å². The van der Waals surface area contributed by atoms with Crippen molar-refractivity contribution in [2.24, 2.45) is 11.8 Å². The van der Waals surface area contributed by atoms with Gasteiger partial charge in [-0.05, 0) is 12.8 Å². The topological polar surface area (TPSA) is 55.8 Å². The summed E-state index contributed by atoms with van der Waals surface area (Å²) in [6.07, 6.45) is 3.86. The van der Waals surface area contributed by atoms with E-state index in [0.717, 1.165) is 19.3 Å². The highest BCUT2D eigenvalue weighted by Gasteiger charge is 2.55. The molecule has 0 bridgehead atoms. The second kappa shape index (κ2) is 4.87. The van der Waals surface area contributed by atoms with Gasteiger partial charge in [-0.1, -0.05) is 13.3 Å². The van der Waals surface area contributed by atoms with Crippen molar-refractivity contribution in [3.05, 3.63) is 0 Å². The van der Waals surface area contributed by atoms with Crippen molar-refractivity contribution in [1.29, 1.82) is 0 Å². The third kappa shape index (κ3) is 2.09. The number of nitrogens with zero attached hydrogens (tertiary/aromatic N) is 1. The molecule has 0 aromatic rings. The molecule has 0 aromatic carbocycles. The Kier molecular flexibility index (Phi) is 3.35. The van der Waals surface area contributed by atoms with Crippen molar-refractivity contribution < 1.29 is 19.1 Å². The first-order valence-corrected chi connectivity index (χ1v) is 7.30. The first-order chi connectivity index (χ1) is 9.17. The smallest absolute Gasteiger partial charge is 0.233 e. The number of carbonyl (C=O) groups is 2. The number of imide groups is 1. The number of likely N-dealkylation sites (tertiary alicyclic amines) is 1. The first kappa shape index (κ1) is 13.1. The summed E-state index contributed by atoms with van der Waals surface area (Å²) in [6, 6.07) is 0. The molecule has 1 saturated carbocycles. The van der Waals surface area contributed by atoms with Gasteiger partial charge in [-0.15, -0.1) is 0 Å². The largest absolute Gasteiger partial charge is 0.348 e. The summed E-state index contributed by atoms with van der Waals surface area (Å²) >= 11 is 0. The molecule has 2 atom stereocenters. The molecule has 0 N–H and O–H groups in total. The summed E-state index contributed by atoms with van der Waals surface area (Å²) in [7, 11) is 0. The zero-order chi connectivity index (χ0) is 13.5. The SMILES string of the molecule is CCCCN1C(=O)[C@H]2CCC3(C[C@H]2C1=O)OCCO3. The molecule has 0 aromatic heterocycles. The van der Waals surface area contributed by atoms with Gasteiger partial charge in [0, 0.05) is 19.4 Å². The van der Waals surface area contributed by atoms with Crippen LogP contribution >= 0.6 is 0 Å². The Balaban J connectivity index is 1.74. The van der Waals surface area contributed by atoms with Gasteiger partial charge in [-0.25, -0.2) is 0 Å². The van der Waals surface area contributed by atoms with Crippen LogP contribution in [0.2, 0.25) is 0 Å². The minimum Gasteiger partial charge on any atom is -0.348 e. The van der Waals surface area contributed by atoms with Gasteiger partial charge in [-0.3, -0.25) is 14.5 Å². The van der Waals surface area contributed by atoms with Crippen LogP contribution < -0.4 is 0 Å². The van der Waals surface area contributed by atoms with Crippen molar-refractivity contribution in [2.45, 2.75) is 44.8 Å². The highest BCUT2D eigenvalue weighted by atomic mass is 16.7. The predicted octanol–water partition coefficient (Wildman–Crippen LogP) is 1.31. The van der Waals surface area contributed by atoms with Gasteiger partial charge in [0.15, 0.2) is 5.79 Å². The fourth-order valence-electron chi connectivity index (χ4n) is 3.52. The minimum absolute atomic E-state index is 0.0124. The van der Waals surface area contributed by atoms with Gasteiger partial charge in [-0.2, -0.15) is 0 Å². The van der Waals surface area contributed by atoms with Gasteiger partial charge in [0.1, 0.15) is 0 Å². The molecule has 0 radical (unpaired) electrons. The monoisotopic (exact) mass is 267 g/mol. The van der Waals surface area contributed by atoms with E-state index in [1.54, 1.807) is 0 Å². The van der Waals surface area contributed by atoms with E-state index in [4.69, 9.17) is 9.47 Å². The maximum Gasteiger partial charge on any atom is 0.233 e. The van der Waals surface area contributed by atoms with Crippen LogP contribution in [0, 0.1) is 11.8 Å². The summed E-state index contributed by atoms with van der Waals surface area (Å²) in [5, 5.41) is 0. The first-order valence-electron chi connectivity index (χ1n) is 7.30. The number of fused-ring (bicyclic) bond motifs is 1. The second-order valence-corrected chi connectivity index (χ2v) is 5.75. The van der Waals surface area contributed by atoms with Gasteiger partial charge < -0.3 is 9.47 Å². The Morgan fingerprint density at radius 1 is 1.21 bits per heavy atom. The summed E-state index contributed by atoms with van der Waals surface area (Å²) in [5.74, 6) is -0.936. The Morgan fingerprint density at radius 2 is 1.89 bits per heavy atom. The third-order valence-corrected chi connectivity index (χ3v) is 4.57. The molecule has 2 saturated heterocycles. The Morgan fingerprint density at radius 3 is 2.58 bits per heavy atom. The molecule has 2 aliphatic heterocycles. The number of amides is 2. The highest BCUT2D eigenvalue weighted by Crippen LogP contribution is 2.45. The lowest BCUT2D eigenvalue weighted by Gasteiger charge is -2.35. The van der Waals surface area contributed by atoms with E-state index in [1.165, 1.54) is 4.90 Å². The Hall–Kier alpha value is -0.940. The van der Waals surface area contributed by atoms with Crippen molar-refractivity contribution in [3.63, 3.8) is 0 Å². The van der Waals surface area contributed by atoms with E-state index in [1.807, 2.05) is 0 Å². The summed E-state index contributed by atoms with van der Waals surface area (Å²) < 4.78 is 11.4. The third-order valence-electron chi connectivity index (χ3n) is 4.57. The van der Waals surface area contributed by atoms with Crippen LogP contribution in [0.3, 0.4) is 0 Å². The molecule has 3 rings (SSSR count). The maximum atomic E-state index is 12.4. The van der Waals surface area contributed by atoms with E-state index in [9.17, 15) is 9.59 Å². The van der Waals surface area contributed by atoms with Crippen molar-refractivity contribution in [1.82, 2.24) is 4.90 Å². The second-order valence-electron chi connectivity index (χ2n) is 5.75. The lowest BCUT2D eigenvalue weighted by molar-refractivity contribution is -0.193. The molecule has 106 valence electrons. The molecule has 5 heteroatoms. The van der Waals surface area contributed by atoms with Crippen LogP contribution in [0.25, 0.3) is 0 Å². The predicted molar refractivity (Wildman–Crippen MR) is 67.1 cm³/mol. The molecule has 3 aliphatic rings. The van der Waals surface area contributed by atoms with E-state index in [-0.39, 0.29) is 23.7 Å². The lowest BCUT2D eigenvalue weighted by Crippen LogP contribution is -2.41. The zero-order valence-electron chi connectivity index (χ0n) is 11.4. The van der Waals surface area contributed by atoms with E-state index >= 15 is 0 Å². The molecule has 2 amide bonds.